The molecule has 0 atom stereocenters. The van der Waals surface area contributed by atoms with E-state index in [0.29, 0.717) is 45.1 Å². The van der Waals surface area contributed by atoms with Gasteiger partial charge in [-0.1, -0.05) is 36.4 Å². The number of hydrogen-bond acceptors (Lipinski definition) is 10. The van der Waals surface area contributed by atoms with Crippen molar-refractivity contribution in [2.75, 3.05) is 80.3 Å². The summed E-state index contributed by atoms with van der Waals surface area (Å²) in [5.74, 6) is -0.491. The number of alkyl halides is 1. The first-order valence-electron chi connectivity index (χ1n) is 14.5. The number of halogens is 1. The maximum absolute atomic E-state index is 11.5. The van der Waals surface area contributed by atoms with E-state index in [1.165, 1.54) is 12.1 Å². The molecular formula is C32H39ClN4O9. The van der Waals surface area contributed by atoms with Gasteiger partial charge < -0.3 is 34.4 Å². The average Bonchev–Trinajstić information content (AvgIpc) is 3.09. The zero-order chi connectivity index (χ0) is 33.6. The summed E-state index contributed by atoms with van der Waals surface area (Å²) in [5.41, 5.74) is 2.69. The highest BCUT2D eigenvalue weighted by molar-refractivity contribution is 6.26. The number of aliphatic hydroxyl groups excluding tert-OH is 1. The largest absolute Gasteiger partial charge is 0.465 e. The number of aliphatic hydroxyl groups is 1. The van der Waals surface area contributed by atoms with E-state index in [4.69, 9.17) is 26.2 Å². The molecule has 46 heavy (non-hydrogen) atoms. The number of para-hydroxylation sites is 2. The van der Waals surface area contributed by atoms with E-state index in [1.54, 1.807) is 28.9 Å². The quantitative estimate of drug-likeness (QED) is 0.157. The fourth-order valence-electron chi connectivity index (χ4n) is 3.90. The minimum Gasteiger partial charge on any atom is -0.465 e. The molecule has 13 nitrogen and oxygen atoms in total. The van der Waals surface area contributed by atoms with Crippen LogP contribution in [0.4, 0.5) is 22.7 Å². The summed E-state index contributed by atoms with van der Waals surface area (Å²) in [6, 6.07) is 25.4. The zero-order valence-corrected chi connectivity index (χ0v) is 26.3. The summed E-state index contributed by atoms with van der Waals surface area (Å²) in [6.45, 7) is 5.46. The van der Waals surface area contributed by atoms with Crippen LogP contribution in [0.3, 0.4) is 0 Å². The number of ether oxygens (including phenoxy) is 3. The third-order valence-electron chi connectivity index (χ3n) is 6.04. The Morgan fingerprint density at radius 2 is 1.39 bits per heavy atom. The molecule has 2 aliphatic heterocycles. The van der Waals surface area contributed by atoms with Crippen molar-refractivity contribution in [1.29, 1.82) is 0 Å². The van der Waals surface area contributed by atoms with Crippen molar-refractivity contribution < 1.29 is 38.6 Å². The Labute approximate surface area is 272 Å². The van der Waals surface area contributed by atoms with Gasteiger partial charge >= 0.3 is 5.97 Å². The van der Waals surface area contributed by atoms with Crippen LogP contribution in [0.5, 0.6) is 0 Å². The number of nitrogens with one attached hydrogen (secondary N) is 1. The van der Waals surface area contributed by atoms with Crippen LogP contribution in [0, 0.1) is 10.1 Å². The molecule has 0 bridgehead atoms. The van der Waals surface area contributed by atoms with Crippen LogP contribution < -0.4 is 15.1 Å². The topological polar surface area (TPSA) is 161 Å². The van der Waals surface area contributed by atoms with Crippen LogP contribution >= 0.6 is 11.6 Å². The molecule has 5 rings (SSSR count). The monoisotopic (exact) mass is 658 g/mol. The van der Waals surface area contributed by atoms with E-state index in [-0.39, 0.29) is 49.2 Å². The lowest BCUT2D eigenvalue weighted by Gasteiger charge is -2.26. The van der Waals surface area contributed by atoms with Gasteiger partial charge in [-0.15, -0.1) is 11.6 Å². The summed E-state index contributed by atoms with van der Waals surface area (Å²) in [4.78, 5) is 46.2. The van der Waals surface area contributed by atoms with E-state index in [1.807, 2.05) is 60.7 Å². The molecule has 3 aromatic carbocycles. The summed E-state index contributed by atoms with van der Waals surface area (Å²) < 4.78 is 14.5. The number of nitrogens with zero attached hydrogens (tertiary/aromatic N) is 3. The molecule has 0 unspecified atom stereocenters. The van der Waals surface area contributed by atoms with Crippen molar-refractivity contribution in [3.05, 3.63) is 95.0 Å². The smallest absolute Gasteiger partial charge is 0.320 e. The minimum atomic E-state index is -0.467. The summed E-state index contributed by atoms with van der Waals surface area (Å²) in [6.07, 6.45) is 0. The van der Waals surface area contributed by atoms with Gasteiger partial charge in [-0.05, 0) is 43.3 Å². The molecule has 2 amide bonds. The van der Waals surface area contributed by atoms with Gasteiger partial charge in [-0.2, -0.15) is 0 Å². The summed E-state index contributed by atoms with van der Waals surface area (Å²) in [5, 5.41) is 22.0. The molecule has 0 aromatic heterocycles. The molecule has 0 radical (unpaired) electrons. The molecular weight excluding hydrogens is 620 g/mol. The first-order valence-corrected chi connectivity index (χ1v) is 15.0. The number of morpholine rings is 2. The van der Waals surface area contributed by atoms with Crippen molar-refractivity contribution in [2.45, 2.75) is 6.92 Å². The number of benzene rings is 3. The Kier molecular flexibility index (Phi) is 18.0. The maximum atomic E-state index is 11.5. The minimum absolute atomic E-state index is 0.0180. The third-order valence-corrected chi connectivity index (χ3v) is 6.26. The molecule has 2 aliphatic rings. The van der Waals surface area contributed by atoms with Crippen molar-refractivity contribution in [2.24, 2.45) is 0 Å². The molecule has 2 heterocycles. The fourth-order valence-corrected chi connectivity index (χ4v) is 3.98. The van der Waals surface area contributed by atoms with Crippen LogP contribution in [-0.4, -0.2) is 93.0 Å². The van der Waals surface area contributed by atoms with Gasteiger partial charge in [0, 0.05) is 48.8 Å². The first kappa shape index (κ1) is 37.6. The van der Waals surface area contributed by atoms with Crippen LogP contribution in [0.1, 0.15) is 6.92 Å². The zero-order valence-electron chi connectivity index (χ0n) is 25.6. The van der Waals surface area contributed by atoms with E-state index >= 15 is 0 Å². The predicted octanol–water partition coefficient (Wildman–Crippen LogP) is 3.89. The molecule has 3 aromatic rings. The Morgan fingerprint density at radius 3 is 1.80 bits per heavy atom. The highest BCUT2D eigenvalue weighted by atomic mass is 35.5. The second-order valence-corrected chi connectivity index (χ2v) is 9.53. The van der Waals surface area contributed by atoms with Crippen LogP contribution in [0.2, 0.25) is 0 Å². The number of non-ortho nitro benzene ring substituents is 1. The SMILES string of the molecule is CCOC(=O)CCl.O=C1COCCN1c1ccc([N+](=O)[O-])cc1.O=C1COCCN1c1ccccc1.OCCNc1ccccc1. The number of anilines is 3. The van der Waals surface area contributed by atoms with Gasteiger partial charge in [0.15, 0.2) is 0 Å². The molecule has 0 aliphatic carbocycles. The van der Waals surface area contributed by atoms with E-state index in [9.17, 15) is 24.5 Å². The Bertz CT molecular complexity index is 1330. The summed E-state index contributed by atoms with van der Waals surface area (Å²) in [7, 11) is 0. The number of hydrogen-bond donors (Lipinski definition) is 2. The van der Waals surface area contributed by atoms with Gasteiger partial charge in [0.2, 0.25) is 0 Å². The number of rotatable bonds is 8. The molecule has 0 saturated carbocycles. The standard InChI is InChI=1S/C10H10N2O4.C10H11NO2.C8H11NO.C4H7ClO2/c13-10-7-16-6-5-11(10)8-1-3-9(4-2-8)12(14)15;12-10-8-13-7-6-11(10)9-4-2-1-3-5-9;10-7-6-9-8-4-2-1-3-5-8;1-2-7-4(6)3-5/h1-4H,5-7H2;1-5H,6-8H2;1-5,9-10H,6-7H2;2-3H2,1H3. The lowest BCUT2D eigenvalue weighted by atomic mass is 10.2. The third kappa shape index (κ3) is 14.0. The highest BCUT2D eigenvalue weighted by Crippen LogP contribution is 2.20. The van der Waals surface area contributed by atoms with E-state index in [2.05, 4.69) is 10.1 Å². The number of carbonyl (C=O) groups is 3. The van der Waals surface area contributed by atoms with Crippen molar-refractivity contribution in [1.82, 2.24) is 0 Å². The van der Waals surface area contributed by atoms with E-state index in [0.717, 1.165) is 11.4 Å². The maximum Gasteiger partial charge on any atom is 0.320 e. The van der Waals surface area contributed by atoms with Crippen LogP contribution in [0.25, 0.3) is 0 Å². The number of esters is 1. The van der Waals surface area contributed by atoms with Gasteiger partial charge in [0.05, 0.1) is 31.4 Å². The van der Waals surface area contributed by atoms with Crippen molar-refractivity contribution >= 4 is 52.1 Å². The lowest BCUT2D eigenvalue weighted by molar-refractivity contribution is -0.384. The Morgan fingerprint density at radius 1 is 0.891 bits per heavy atom. The average molecular weight is 659 g/mol. The molecule has 0 spiro atoms. The summed E-state index contributed by atoms with van der Waals surface area (Å²) >= 11 is 5.06. The molecule has 248 valence electrons. The molecule has 2 saturated heterocycles. The Hall–Kier alpha value is -4.56. The predicted molar refractivity (Wildman–Crippen MR) is 175 cm³/mol. The molecule has 2 fully saturated rings. The van der Waals surface area contributed by atoms with Gasteiger partial charge in [0.1, 0.15) is 19.1 Å². The second-order valence-electron chi connectivity index (χ2n) is 9.26. The highest BCUT2D eigenvalue weighted by Gasteiger charge is 2.21. The second kappa shape index (κ2) is 22.0. The molecule has 14 heteroatoms. The Balaban J connectivity index is 0.000000223. The number of amides is 2. The van der Waals surface area contributed by atoms with Gasteiger partial charge in [-0.25, -0.2) is 0 Å². The van der Waals surface area contributed by atoms with Crippen molar-refractivity contribution in [3.8, 4) is 0 Å². The van der Waals surface area contributed by atoms with E-state index < -0.39 is 4.92 Å². The normalized spacial score (nSPS) is 13.9. The molecule has 2 N–H and O–H groups in total. The van der Waals surface area contributed by atoms with Crippen LogP contribution in [0.15, 0.2) is 84.9 Å². The lowest BCUT2D eigenvalue weighted by Crippen LogP contribution is -2.41. The van der Waals surface area contributed by atoms with Gasteiger partial charge in [0.25, 0.3) is 17.5 Å². The van der Waals surface area contributed by atoms with Crippen LogP contribution in [-0.2, 0) is 28.6 Å². The first-order chi connectivity index (χ1) is 22.3. The van der Waals surface area contributed by atoms with Gasteiger partial charge in [-0.3, -0.25) is 24.5 Å². The number of carbonyl (C=O) groups excluding carboxylic acids is 3. The number of nitro benzene ring substituents is 1. The number of nitro groups is 1. The van der Waals surface area contributed by atoms with Crippen molar-refractivity contribution in [3.63, 3.8) is 0 Å². The fraction of sp³-hybridized carbons (Fsp3) is 0.344.